The Balaban J connectivity index is 2.06. The van der Waals surface area contributed by atoms with E-state index in [-0.39, 0.29) is 30.2 Å². The Bertz CT molecular complexity index is 801. The third kappa shape index (κ3) is 5.37. The van der Waals surface area contributed by atoms with Gasteiger partial charge in [-0.3, -0.25) is 4.79 Å². The van der Waals surface area contributed by atoms with Crippen molar-refractivity contribution < 1.29 is 28.5 Å². The maximum Gasteiger partial charge on any atom is 0.340 e. The van der Waals surface area contributed by atoms with E-state index in [1.54, 1.807) is 0 Å². The van der Waals surface area contributed by atoms with Crippen molar-refractivity contribution in [2.75, 3.05) is 33.3 Å². The molecule has 7 heteroatoms. The van der Waals surface area contributed by atoms with Gasteiger partial charge in [-0.2, -0.15) is 0 Å². The van der Waals surface area contributed by atoms with Crippen molar-refractivity contribution in [3.8, 4) is 17.2 Å². The Morgan fingerprint density at radius 3 is 2.19 bits per heavy atom. The molecule has 0 bridgehead atoms. The lowest BCUT2D eigenvalue weighted by molar-refractivity contribution is -0.116. The van der Waals surface area contributed by atoms with E-state index in [1.807, 2.05) is 31.2 Å². The molecule has 1 amide bonds. The van der Waals surface area contributed by atoms with Gasteiger partial charge in [0, 0.05) is 12.1 Å². The highest BCUT2D eigenvalue weighted by molar-refractivity contribution is 6.02. The molecular formula is C20H23NO6. The van der Waals surface area contributed by atoms with Crippen molar-refractivity contribution in [2.45, 2.75) is 13.3 Å². The summed E-state index contributed by atoms with van der Waals surface area (Å²) in [5.41, 5.74) is 1.58. The number of hydrogen-bond donors (Lipinski definition) is 1. The van der Waals surface area contributed by atoms with Crippen LogP contribution in [0.5, 0.6) is 17.2 Å². The molecular weight excluding hydrogens is 350 g/mol. The van der Waals surface area contributed by atoms with Crippen LogP contribution in [0, 0.1) is 6.92 Å². The average molecular weight is 373 g/mol. The third-order valence-corrected chi connectivity index (χ3v) is 3.82. The molecule has 2 aromatic rings. The van der Waals surface area contributed by atoms with Crippen LogP contribution in [0.15, 0.2) is 36.4 Å². The minimum atomic E-state index is -0.595. The molecule has 0 fully saturated rings. The number of nitrogens with one attached hydrogen (secondary N) is 1. The highest BCUT2D eigenvalue weighted by Gasteiger charge is 2.19. The Morgan fingerprint density at radius 1 is 0.963 bits per heavy atom. The van der Waals surface area contributed by atoms with E-state index < -0.39 is 5.97 Å². The minimum Gasteiger partial charge on any atom is -0.493 e. The second-order valence-electron chi connectivity index (χ2n) is 5.70. The van der Waals surface area contributed by atoms with Crippen LogP contribution in [-0.4, -0.2) is 39.8 Å². The van der Waals surface area contributed by atoms with E-state index in [4.69, 9.17) is 18.9 Å². The molecule has 27 heavy (non-hydrogen) atoms. The molecule has 7 nitrogen and oxygen atoms in total. The van der Waals surface area contributed by atoms with Crippen LogP contribution in [0.1, 0.15) is 22.3 Å². The number of esters is 1. The maximum absolute atomic E-state index is 12.3. The van der Waals surface area contributed by atoms with Crippen molar-refractivity contribution in [1.82, 2.24) is 0 Å². The number of rotatable bonds is 8. The summed E-state index contributed by atoms with van der Waals surface area (Å²) in [5.74, 6) is 0.534. The van der Waals surface area contributed by atoms with Gasteiger partial charge in [-0.1, -0.05) is 17.7 Å². The number of anilines is 1. The van der Waals surface area contributed by atoms with Gasteiger partial charge in [-0.25, -0.2) is 4.79 Å². The van der Waals surface area contributed by atoms with E-state index in [0.717, 1.165) is 5.56 Å². The molecule has 0 aromatic heterocycles. The second kappa shape index (κ2) is 9.47. The monoisotopic (exact) mass is 373 g/mol. The van der Waals surface area contributed by atoms with Crippen LogP contribution in [0.25, 0.3) is 0 Å². The first-order chi connectivity index (χ1) is 13.0. The highest BCUT2D eigenvalue weighted by atomic mass is 16.5. The van der Waals surface area contributed by atoms with Crippen LogP contribution in [0.3, 0.4) is 0 Å². The summed E-state index contributed by atoms with van der Waals surface area (Å²) in [4.78, 5) is 24.3. The van der Waals surface area contributed by atoms with Crippen molar-refractivity contribution in [3.05, 3.63) is 47.5 Å². The largest absolute Gasteiger partial charge is 0.493 e. The number of carbonyl (C=O) groups is 2. The van der Waals surface area contributed by atoms with Crippen molar-refractivity contribution in [2.24, 2.45) is 0 Å². The molecule has 0 heterocycles. The van der Waals surface area contributed by atoms with E-state index in [2.05, 4.69) is 5.32 Å². The smallest absolute Gasteiger partial charge is 0.340 e. The average Bonchev–Trinajstić information content (AvgIpc) is 2.68. The second-order valence-corrected chi connectivity index (χ2v) is 5.70. The van der Waals surface area contributed by atoms with Gasteiger partial charge in [-0.15, -0.1) is 0 Å². The number of aryl methyl sites for hydroxylation is 1. The molecule has 144 valence electrons. The first kappa shape index (κ1) is 20.1. The number of carbonyl (C=O) groups excluding carboxylic acids is 2. The van der Waals surface area contributed by atoms with Gasteiger partial charge in [0.2, 0.25) is 5.91 Å². The summed E-state index contributed by atoms with van der Waals surface area (Å²) in [5, 5.41) is 2.69. The Labute approximate surface area is 158 Å². The van der Waals surface area contributed by atoms with E-state index >= 15 is 0 Å². The van der Waals surface area contributed by atoms with Gasteiger partial charge < -0.3 is 24.3 Å². The quantitative estimate of drug-likeness (QED) is 0.716. The molecule has 0 atom stereocenters. The Hall–Kier alpha value is -3.22. The normalized spacial score (nSPS) is 10.1. The molecule has 1 N–H and O–H groups in total. The van der Waals surface area contributed by atoms with Crippen molar-refractivity contribution >= 4 is 17.6 Å². The van der Waals surface area contributed by atoms with E-state index in [1.165, 1.54) is 33.5 Å². The molecule has 2 aromatic carbocycles. The molecule has 0 spiro atoms. The van der Waals surface area contributed by atoms with Gasteiger partial charge in [0.1, 0.15) is 5.75 Å². The fourth-order valence-corrected chi connectivity index (χ4v) is 2.37. The van der Waals surface area contributed by atoms with Crippen LogP contribution >= 0.6 is 0 Å². The lowest BCUT2D eigenvalue weighted by atomic mass is 10.1. The predicted octanol–water partition coefficient (Wildman–Crippen LogP) is 3.21. The van der Waals surface area contributed by atoms with Crippen LogP contribution < -0.4 is 19.5 Å². The molecule has 0 aliphatic carbocycles. The van der Waals surface area contributed by atoms with Gasteiger partial charge in [0.25, 0.3) is 0 Å². The fraction of sp³-hybridized carbons (Fsp3) is 0.300. The summed E-state index contributed by atoms with van der Waals surface area (Å²) in [6.45, 7) is 2.19. The van der Waals surface area contributed by atoms with Crippen molar-refractivity contribution in [3.63, 3.8) is 0 Å². The Morgan fingerprint density at radius 2 is 1.59 bits per heavy atom. The van der Waals surface area contributed by atoms with Crippen LogP contribution in [-0.2, 0) is 9.53 Å². The topological polar surface area (TPSA) is 83.1 Å². The molecule has 0 radical (unpaired) electrons. The molecule has 0 aliphatic heterocycles. The minimum absolute atomic E-state index is 0.114. The summed E-state index contributed by atoms with van der Waals surface area (Å²) in [6, 6.07) is 10.5. The summed E-state index contributed by atoms with van der Waals surface area (Å²) in [6.07, 6.45) is 0.114. The van der Waals surface area contributed by atoms with Gasteiger partial charge in [-0.05, 0) is 19.1 Å². The molecule has 0 saturated heterocycles. The zero-order valence-corrected chi connectivity index (χ0v) is 15.8. The fourth-order valence-electron chi connectivity index (χ4n) is 2.37. The number of benzene rings is 2. The number of amides is 1. The number of hydrogen-bond acceptors (Lipinski definition) is 6. The lowest BCUT2D eigenvalue weighted by Crippen LogP contribution is -2.18. The molecule has 2 rings (SSSR count). The molecule has 0 unspecified atom stereocenters. The first-order valence-corrected chi connectivity index (χ1v) is 8.32. The van der Waals surface area contributed by atoms with Crippen molar-refractivity contribution in [1.29, 1.82) is 0 Å². The van der Waals surface area contributed by atoms with Crippen LogP contribution in [0.2, 0.25) is 0 Å². The summed E-state index contributed by atoms with van der Waals surface area (Å²) in [7, 11) is 4.19. The van der Waals surface area contributed by atoms with Crippen LogP contribution in [0.4, 0.5) is 5.69 Å². The zero-order chi connectivity index (χ0) is 19.8. The highest BCUT2D eigenvalue weighted by Crippen LogP contribution is 2.33. The molecule has 0 saturated carbocycles. The maximum atomic E-state index is 12.3. The number of ether oxygens (including phenoxy) is 4. The SMILES string of the molecule is COC(=O)c1cc(OC)c(OC)cc1NC(=O)CCOc1ccc(C)cc1. The standard InChI is InChI=1S/C20H23NO6/c1-13-5-7-14(8-6-13)27-10-9-19(22)21-16-12-18(25-3)17(24-2)11-15(16)20(23)26-4/h5-8,11-12H,9-10H2,1-4H3,(H,21,22). The van der Waals surface area contributed by atoms with Gasteiger partial charge in [0.15, 0.2) is 11.5 Å². The van der Waals surface area contributed by atoms with Gasteiger partial charge >= 0.3 is 5.97 Å². The molecule has 0 aliphatic rings. The summed E-state index contributed by atoms with van der Waals surface area (Å²) >= 11 is 0. The first-order valence-electron chi connectivity index (χ1n) is 8.32. The lowest BCUT2D eigenvalue weighted by Gasteiger charge is -2.14. The summed E-state index contributed by atoms with van der Waals surface area (Å²) < 4.78 is 20.7. The van der Waals surface area contributed by atoms with Gasteiger partial charge in [0.05, 0.1) is 45.6 Å². The third-order valence-electron chi connectivity index (χ3n) is 3.82. The Kier molecular flexibility index (Phi) is 7.05. The number of methoxy groups -OCH3 is 3. The predicted molar refractivity (Wildman–Crippen MR) is 101 cm³/mol. The van der Waals surface area contributed by atoms with E-state index in [0.29, 0.717) is 17.2 Å². The zero-order valence-electron chi connectivity index (χ0n) is 15.8. The van der Waals surface area contributed by atoms with E-state index in [9.17, 15) is 9.59 Å².